The zero-order chi connectivity index (χ0) is 22.9. The summed E-state index contributed by atoms with van der Waals surface area (Å²) in [6.07, 6.45) is 2.22. The number of methoxy groups -OCH3 is 1. The summed E-state index contributed by atoms with van der Waals surface area (Å²) < 4.78 is 30.3. The molecule has 0 spiro atoms. The third kappa shape index (κ3) is 4.46. The van der Waals surface area contributed by atoms with Crippen molar-refractivity contribution in [3.8, 4) is 0 Å². The van der Waals surface area contributed by atoms with Crippen molar-refractivity contribution >= 4 is 38.5 Å². The van der Waals surface area contributed by atoms with Crippen LogP contribution in [0.5, 0.6) is 0 Å². The Kier molecular flexibility index (Phi) is 6.15. The number of hydrogen-bond donors (Lipinski definition) is 1. The molecule has 2 aromatic heterocycles. The number of thioether (sulfide) groups is 1. The van der Waals surface area contributed by atoms with Crippen molar-refractivity contribution in [1.82, 2.24) is 24.7 Å². The van der Waals surface area contributed by atoms with Gasteiger partial charge in [-0.2, -0.15) is 0 Å². The van der Waals surface area contributed by atoms with E-state index in [9.17, 15) is 18.0 Å². The quantitative estimate of drug-likeness (QED) is 0.307. The van der Waals surface area contributed by atoms with Crippen LogP contribution in [-0.2, 0) is 26.9 Å². The summed E-state index contributed by atoms with van der Waals surface area (Å²) in [5.41, 5.74) is 0.377. The molecular formula is C20H21N5O5S2. The van der Waals surface area contributed by atoms with Crippen molar-refractivity contribution in [2.24, 2.45) is 0 Å². The number of aromatic amines is 1. The molecule has 0 saturated carbocycles. The third-order valence-corrected chi connectivity index (χ3v) is 7.92. The number of ether oxygens (including phenoxy) is 1. The van der Waals surface area contributed by atoms with E-state index < -0.39 is 15.8 Å². The standard InChI is InChI=1S/C20H21N5O5S2/c1-3-7-25-17(13-6-8-32(28,29)11-13)23-24-20(25)31-10-16-21-15-9-12(19(27)30-2)4-5-14(15)18(26)22-16/h3-5,9,13H,1,6-8,10-11H2,2H3,(H,21,22,26). The van der Waals surface area contributed by atoms with Crippen LogP contribution in [0.3, 0.4) is 0 Å². The lowest BCUT2D eigenvalue weighted by Gasteiger charge is -2.11. The highest BCUT2D eigenvalue weighted by molar-refractivity contribution is 7.98. The molecule has 0 aliphatic carbocycles. The van der Waals surface area contributed by atoms with Crippen molar-refractivity contribution in [2.45, 2.75) is 29.8 Å². The fraction of sp³-hybridized carbons (Fsp3) is 0.350. The Balaban J connectivity index is 1.60. The molecule has 10 nitrogen and oxygen atoms in total. The first-order valence-corrected chi connectivity index (χ1v) is 12.6. The second kappa shape index (κ2) is 8.87. The van der Waals surface area contributed by atoms with Gasteiger partial charge in [0.15, 0.2) is 15.0 Å². The lowest BCUT2D eigenvalue weighted by atomic mass is 10.1. The first-order valence-electron chi connectivity index (χ1n) is 9.80. The molecule has 1 saturated heterocycles. The minimum atomic E-state index is -3.05. The molecule has 3 aromatic rings. The van der Waals surface area contributed by atoms with E-state index in [4.69, 9.17) is 4.74 Å². The Labute approximate surface area is 188 Å². The fourth-order valence-corrected chi connectivity index (χ4v) is 6.21. The molecule has 1 aliphatic heterocycles. The van der Waals surface area contributed by atoms with Gasteiger partial charge in [-0.05, 0) is 24.6 Å². The van der Waals surface area contributed by atoms with E-state index in [-0.39, 0.29) is 23.0 Å². The van der Waals surface area contributed by atoms with E-state index in [1.807, 2.05) is 4.57 Å². The van der Waals surface area contributed by atoms with Gasteiger partial charge in [0.05, 0.1) is 40.8 Å². The first kappa shape index (κ1) is 22.2. The largest absolute Gasteiger partial charge is 0.465 e. The number of rotatable bonds is 7. The molecule has 1 aliphatic rings. The molecule has 1 unspecified atom stereocenters. The van der Waals surface area contributed by atoms with Crippen molar-refractivity contribution in [3.05, 3.63) is 58.4 Å². The Morgan fingerprint density at radius 1 is 1.41 bits per heavy atom. The van der Waals surface area contributed by atoms with E-state index in [2.05, 4.69) is 26.7 Å². The summed E-state index contributed by atoms with van der Waals surface area (Å²) in [6, 6.07) is 4.57. The van der Waals surface area contributed by atoms with E-state index in [1.165, 1.54) is 37.1 Å². The third-order valence-electron chi connectivity index (χ3n) is 5.17. The molecule has 4 rings (SSSR count). The van der Waals surface area contributed by atoms with Crippen LogP contribution in [0.25, 0.3) is 10.9 Å². The summed E-state index contributed by atoms with van der Waals surface area (Å²) in [6.45, 7) is 4.20. The molecular weight excluding hydrogens is 454 g/mol. The highest BCUT2D eigenvalue weighted by Crippen LogP contribution is 2.30. The molecule has 12 heteroatoms. The van der Waals surface area contributed by atoms with Gasteiger partial charge in [-0.25, -0.2) is 18.2 Å². The SMILES string of the molecule is C=CCn1c(SCc2nc3cc(C(=O)OC)ccc3c(=O)[nH]2)nnc1C1CCS(=O)(=O)C1. The summed E-state index contributed by atoms with van der Waals surface area (Å²) in [4.78, 5) is 31.4. The summed E-state index contributed by atoms with van der Waals surface area (Å²) in [7, 11) is -1.77. The van der Waals surface area contributed by atoms with E-state index in [0.29, 0.717) is 52.0 Å². The molecule has 1 N–H and O–H groups in total. The zero-order valence-electron chi connectivity index (χ0n) is 17.3. The number of allylic oxidation sites excluding steroid dienone is 1. The number of sulfone groups is 1. The van der Waals surface area contributed by atoms with Crippen molar-refractivity contribution in [1.29, 1.82) is 0 Å². The second-order valence-electron chi connectivity index (χ2n) is 7.36. The number of aromatic nitrogens is 5. The average Bonchev–Trinajstić information content (AvgIpc) is 3.33. The Morgan fingerprint density at radius 3 is 2.91 bits per heavy atom. The second-order valence-corrected chi connectivity index (χ2v) is 10.5. The van der Waals surface area contributed by atoms with Gasteiger partial charge in [-0.3, -0.25) is 4.79 Å². The van der Waals surface area contributed by atoms with Gasteiger partial charge >= 0.3 is 5.97 Å². The molecule has 0 radical (unpaired) electrons. The molecule has 1 atom stereocenters. The molecule has 0 amide bonds. The molecule has 1 aromatic carbocycles. The van der Waals surface area contributed by atoms with Crippen molar-refractivity contribution in [3.63, 3.8) is 0 Å². The van der Waals surface area contributed by atoms with E-state index in [1.54, 1.807) is 6.08 Å². The molecule has 32 heavy (non-hydrogen) atoms. The number of hydrogen-bond acceptors (Lipinski definition) is 9. The van der Waals surface area contributed by atoms with Crippen LogP contribution in [0.15, 0.2) is 40.8 Å². The number of fused-ring (bicyclic) bond motifs is 1. The van der Waals surface area contributed by atoms with Gasteiger partial charge < -0.3 is 14.3 Å². The van der Waals surface area contributed by atoms with Crippen molar-refractivity contribution < 1.29 is 17.9 Å². The van der Waals surface area contributed by atoms with Gasteiger partial charge in [-0.15, -0.1) is 16.8 Å². The molecule has 168 valence electrons. The molecule has 1 fully saturated rings. The van der Waals surface area contributed by atoms with Gasteiger partial charge in [-0.1, -0.05) is 17.8 Å². The molecule has 0 bridgehead atoms. The first-order chi connectivity index (χ1) is 15.3. The molecule has 3 heterocycles. The maximum Gasteiger partial charge on any atom is 0.337 e. The van der Waals surface area contributed by atoms with Crippen LogP contribution in [0.1, 0.15) is 34.3 Å². The van der Waals surface area contributed by atoms with Crippen LogP contribution < -0.4 is 5.56 Å². The lowest BCUT2D eigenvalue weighted by Crippen LogP contribution is -2.13. The van der Waals surface area contributed by atoms with Crippen LogP contribution in [-0.4, -0.2) is 57.7 Å². The Bertz CT molecular complexity index is 1360. The maximum atomic E-state index is 12.4. The van der Waals surface area contributed by atoms with Gasteiger partial charge in [0.1, 0.15) is 11.6 Å². The average molecular weight is 476 g/mol. The summed E-state index contributed by atoms with van der Waals surface area (Å²) in [5, 5.41) is 9.41. The van der Waals surface area contributed by atoms with Gasteiger partial charge in [0.25, 0.3) is 5.56 Å². The number of nitrogens with one attached hydrogen (secondary N) is 1. The fourth-order valence-electron chi connectivity index (χ4n) is 3.64. The minimum absolute atomic E-state index is 0.0645. The number of esters is 1. The predicted octanol–water partition coefficient (Wildman–Crippen LogP) is 1.68. The Morgan fingerprint density at radius 2 is 2.22 bits per heavy atom. The van der Waals surface area contributed by atoms with Crippen LogP contribution >= 0.6 is 11.8 Å². The van der Waals surface area contributed by atoms with Crippen LogP contribution in [0.4, 0.5) is 0 Å². The van der Waals surface area contributed by atoms with Crippen molar-refractivity contribution in [2.75, 3.05) is 18.6 Å². The van der Waals surface area contributed by atoms with Crippen LogP contribution in [0.2, 0.25) is 0 Å². The minimum Gasteiger partial charge on any atom is -0.465 e. The Hall–Kier alpha value is -2.99. The number of H-pyrrole nitrogens is 1. The predicted molar refractivity (Wildman–Crippen MR) is 119 cm³/mol. The smallest absolute Gasteiger partial charge is 0.337 e. The highest BCUT2D eigenvalue weighted by atomic mass is 32.2. The summed E-state index contributed by atoms with van der Waals surface area (Å²) >= 11 is 1.32. The van der Waals surface area contributed by atoms with E-state index in [0.717, 1.165) is 0 Å². The topological polar surface area (TPSA) is 137 Å². The van der Waals surface area contributed by atoms with Crippen LogP contribution in [0, 0.1) is 0 Å². The number of carbonyl (C=O) groups is 1. The maximum absolute atomic E-state index is 12.4. The number of nitrogens with zero attached hydrogens (tertiary/aromatic N) is 4. The number of benzene rings is 1. The monoisotopic (exact) mass is 475 g/mol. The van der Waals surface area contributed by atoms with Gasteiger partial charge in [0, 0.05) is 12.5 Å². The number of carbonyl (C=O) groups excluding carboxylic acids is 1. The normalized spacial score (nSPS) is 17.5. The summed E-state index contributed by atoms with van der Waals surface area (Å²) in [5.74, 6) is 0.836. The van der Waals surface area contributed by atoms with E-state index >= 15 is 0 Å². The lowest BCUT2D eigenvalue weighted by molar-refractivity contribution is 0.0601. The van der Waals surface area contributed by atoms with Gasteiger partial charge in [0.2, 0.25) is 0 Å². The highest BCUT2D eigenvalue weighted by Gasteiger charge is 2.33. The zero-order valence-corrected chi connectivity index (χ0v) is 18.9.